The Morgan fingerprint density at radius 1 is 1.63 bits per heavy atom. The molecule has 19 heavy (non-hydrogen) atoms. The summed E-state index contributed by atoms with van der Waals surface area (Å²) in [5, 5.41) is 10.5. The van der Waals surface area contributed by atoms with Crippen molar-refractivity contribution in [2.75, 3.05) is 13.1 Å². The molecule has 0 saturated carbocycles. The molecule has 2 rings (SSSR count). The van der Waals surface area contributed by atoms with E-state index in [1.807, 2.05) is 6.92 Å². The predicted molar refractivity (Wildman–Crippen MR) is 70.3 cm³/mol. The Morgan fingerprint density at radius 3 is 2.79 bits per heavy atom. The number of nitro groups is 1. The van der Waals surface area contributed by atoms with Crippen LogP contribution in [0.4, 0.5) is 5.88 Å². The van der Waals surface area contributed by atoms with Crippen molar-refractivity contribution in [2.45, 2.75) is 19.4 Å². The SMILES string of the molecule is CC1CC(CN)CN1C(=O)c1ccc([N+](=O)[O-])o1.Cl. The Kier molecular flexibility index (Phi) is 4.90. The molecule has 2 atom stereocenters. The van der Waals surface area contributed by atoms with Crippen LogP contribution in [0.3, 0.4) is 0 Å². The highest BCUT2D eigenvalue weighted by molar-refractivity contribution is 5.92. The molecule has 0 aromatic carbocycles. The van der Waals surface area contributed by atoms with Crippen LogP contribution in [0.2, 0.25) is 0 Å². The molecule has 1 aliphatic rings. The molecule has 1 amide bonds. The molecule has 0 radical (unpaired) electrons. The topological polar surface area (TPSA) is 103 Å². The maximum Gasteiger partial charge on any atom is 0.433 e. The zero-order valence-corrected chi connectivity index (χ0v) is 11.3. The summed E-state index contributed by atoms with van der Waals surface area (Å²) in [6.45, 7) is 3.04. The molecule has 2 unspecified atom stereocenters. The Morgan fingerprint density at radius 2 is 2.32 bits per heavy atom. The normalized spacial score (nSPS) is 22.1. The molecule has 8 heteroatoms. The first-order valence-corrected chi connectivity index (χ1v) is 5.78. The van der Waals surface area contributed by atoms with Gasteiger partial charge >= 0.3 is 5.88 Å². The highest BCUT2D eigenvalue weighted by Gasteiger charge is 2.33. The molecule has 2 heterocycles. The van der Waals surface area contributed by atoms with E-state index in [0.717, 1.165) is 6.42 Å². The van der Waals surface area contributed by atoms with Gasteiger partial charge in [0, 0.05) is 12.6 Å². The third-order valence-electron chi connectivity index (χ3n) is 3.24. The number of halogens is 1. The van der Waals surface area contributed by atoms with Crippen LogP contribution in [-0.4, -0.2) is 34.9 Å². The van der Waals surface area contributed by atoms with Crippen LogP contribution in [0.5, 0.6) is 0 Å². The third kappa shape index (κ3) is 3.05. The van der Waals surface area contributed by atoms with E-state index in [0.29, 0.717) is 13.1 Å². The van der Waals surface area contributed by atoms with Crippen molar-refractivity contribution in [3.8, 4) is 0 Å². The molecule has 0 bridgehead atoms. The van der Waals surface area contributed by atoms with Crippen molar-refractivity contribution in [3.63, 3.8) is 0 Å². The summed E-state index contributed by atoms with van der Waals surface area (Å²) in [4.78, 5) is 23.6. The monoisotopic (exact) mass is 289 g/mol. The lowest BCUT2D eigenvalue weighted by atomic mass is 10.1. The summed E-state index contributed by atoms with van der Waals surface area (Å²) in [5.41, 5.74) is 5.59. The largest absolute Gasteiger partial charge is 0.433 e. The molecule has 1 fully saturated rings. The molecule has 1 aromatic heterocycles. The van der Waals surface area contributed by atoms with Crippen molar-refractivity contribution >= 4 is 24.2 Å². The first-order valence-electron chi connectivity index (χ1n) is 5.78. The van der Waals surface area contributed by atoms with E-state index in [1.165, 1.54) is 12.1 Å². The van der Waals surface area contributed by atoms with Crippen LogP contribution in [0.1, 0.15) is 23.9 Å². The molecule has 1 saturated heterocycles. The van der Waals surface area contributed by atoms with E-state index >= 15 is 0 Å². The summed E-state index contributed by atoms with van der Waals surface area (Å²) >= 11 is 0. The fraction of sp³-hybridized carbons (Fsp3) is 0.545. The van der Waals surface area contributed by atoms with E-state index in [-0.39, 0.29) is 36.0 Å². The van der Waals surface area contributed by atoms with Crippen LogP contribution in [0.25, 0.3) is 0 Å². The van der Waals surface area contributed by atoms with Gasteiger partial charge in [0.2, 0.25) is 0 Å². The van der Waals surface area contributed by atoms with Crippen LogP contribution in [0.15, 0.2) is 16.5 Å². The maximum absolute atomic E-state index is 12.1. The average Bonchev–Trinajstić information content (AvgIpc) is 2.94. The van der Waals surface area contributed by atoms with Crippen molar-refractivity contribution in [1.29, 1.82) is 0 Å². The average molecular weight is 290 g/mol. The van der Waals surface area contributed by atoms with Crippen molar-refractivity contribution in [2.24, 2.45) is 11.7 Å². The highest BCUT2D eigenvalue weighted by Crippen LogP contribution is 2.25. The van der Waals surface area contributed by atoms with Gasteiger partial charge in [-0.25, -0.2) is 0 Å². The summed E-state index contributed by atoms with van der Waals surface area (Å²) in [6.07, 6.45) is 0.852. The van der Waals surface area contributed by atoms with E-state index in [1.54, 1.807) is 4.90 Å². The van der Waals surface area contributed by atoms with Gasteiger partial charge in [-0.2, -0.15) is 0 Å². The van der Waals surface area contributed by atoms with Gasteiger partial charge in [0.1, 0.15) is 4.92 Å². The molecule has 7 nitrogen and oxygen atoms in total. The van der Waals surface area contributed by atoms with E-state index in [2.05, 4.69) is 0 Å². The number of nitrogens with two attached hydrogens (primary N) is 1. The molecule has 0 spiro atoms. The van der Waals surface area contributed by atoms with Gasteiger partial charge in [-0.3, -0.25) is 14.9 Å². The van der Waals surface area contributed by atoms with Gasteiger partial charge in [0.05, 0.1) is 6.07 Å². The minimum Gasteiger partial charge on any atom is -0.395 e. The lowest BCUT2D eigenvalue weighted by Gasteiger charge is -2.19. The van der Waals surface area contributed by atoms with Crippen molar-refractivity contribution < 1.29 is 14.1 Å². The maximum atomic E-state index is 12.1. The second-order valence-corrected chi connectivity index (χ2v) is 4.54. The van der Waals surface area contributed by atoms with Gasteiger partial charge in [0.25, 0.3) is 5.91 Å². The fourth-order valence-corrected chi connectivity index (χ4v) is 2.28. The zero-order valence-electron chi connectivity index (χ0n) is 10.4. The van der Waals surface area contributed by atoms with Gasteiger partial charge in [-0.05, 0) is 31.9 Å². The number of carbonyl (C=O) groups excluding carboxylic acids is 1. The number of hydrogen-bond donors (Lipinski definition) is 1. The fourth-order valence-electron chi connectivity index (χ4n) is 2.28. The lowest BCUT2D eigenvalue weighted by Crippen LogP contribution is -2.34. The number of furan rings is 1. The minimum absolute atomic E-state index is 0. The number of nitrogens with zero attached hydrogens (tertiary/aromatic N) is 2. The standard InChI is InChI=1S/C11H15N3O4.ClH/c1-7-4-8(5-12)6-13(7)11(15)9-2-3-10(18-9)14(16)17;/h2-3,7-8H,4-6,12H2,1H3;1H. The first-order chi connectivity index (χ1) is 8.52. The molecular weight excluding hydrogens is 274 g/mol. The molecule has 2 N–H and O–H groups in total. The smallest absolute Gasteiger partial charge is 0.395 e. The van der Waals surface area contributed by atoms with Gasteiger partial charge in [0.15, 0.2) is 5.76 Å². The Balaban J connectivity index is 0.00000180. The highest BCUT2D eigenvalue weighted by atomic mass is 35.5. The van der Waals surface area contributed by atoms with Gasteiger partial charge < -0.3 is 15.1 Å². The zero-order chi connectivity index (χ0) is 13.3. The number of hydrogen-bond acceptors (Lipinski definition) is 5. The lowest BCUT2D eigenvalue weighted by molar-refractivity contribution is -0.402. The Bertz CT molecular complexity index is 476. The number of carbonyl (C=O) groups is 1. The van der Waals surface area contributed by atoms with Crippen LogP contribution < -0.4 is 5.73 Å². The van der Waals surface area contributed by atoms with Crippen molar-refractivity contribution in [1.82, 2.24) is 4.90 Å². The van der Waals surface area contributed by atoms with E-state index < -0.39 is 10.8 Å². The molecule has 1 aliphatic heterocycles. The number of rotatable bonds is 3. The van der Waals surface area contributed by atoms with Crippen LogP contribution in [-0.2, 0) is 0 Å². The van der Waals surface area contributed by atoms with Crippen LogP contribution >= 0.6 is 12.4 Å². The van der Waals surface area contributed by atoms with Crippen LogP contribution in [0, 0.1) is 16.0 Å². The molecule has 1 aromatic rings. The van der Waals surface area contributed by atoms with E-state index in [4.69, 9.17) is 10.2 Å². The second kappa shape index (κ2) is 6.03. The molecule has 0 aliphatic carbocycles. The third-order valence-corrected chi connectivity index (χ3v) is 3.24. The first kappa shape index (κ1) is 15.5. The summed E-state index contributed by atoms with van der Waals surface area (Å²) < 4.78 is 4.91. The Hall–Kier alpha value is -1.60. The number of likely N-dealkylation sites (tertiary alicyclic amines) is 1. The summed E-state index contributed by atoms with van der Waals surface area (Å²) in [5.74, 6) is -0.438. The summed E-state index contributed by atoms with van der Waals surface area (Å²) in [7, 11) is 0. The van der Waals surface area contributed by atoms with E-state index in [9.17, 15) is 14.9 Å². The molecule has 106 valence electrons. The Labute approximate surface area is 116 Å². The minimum atomic E-state index is -0.660. The predicted octanol–water partition coefficient (Wildman–Crippen LogP) is 1.42. The summed E-state index contributed by atoms with van der Waals surface area (Å²) in [6, 6.07) is 2.60. The second-order valence-electron chi connectivity index (χ2n) is 4.54. The van der Waals surface area contributed by atoms with Gasteiger partial charge in [-0.15, -0.1) is 12.4 Å². The van der Waals surface area contributed by atoms with Gasteiger partial charge in [-0.1, -0.05) is 0 Å². The van der Waals surface area contributed by atoms with Crippen molar-refractivity contribution in [3.05, 3.63) is 28.0 Å². The number of amides is 1. The molecular formula is C11H16ClN3O4. The quantitative estimate of drug-likeness (QED) is 0.669.